The van der Waals surface area contributed by atoms with E-state index < -0.39 is 11.9 Å². The van der Waals surface area contributed by atoms with Gasteiger partial charge < -0.3 is 15.3 Å². The van der Waals surface area contributed by atoms with Crippen molar-refractivity contribution < 1.29 is 29.8 Å². The highest BCUT2D eigenvalue weighted by molar-refractivity contribution is 9.10. The lowest BCUT2D eigenvalue weighted by molar-refractivity contribution is -0.385. The molecule has 1 heterocycles. The second-order valence-corrected chi connectivity index (χ2v) is 7.74. The zero-order chi connectivity index (χ0) is 23.0. The zero-order valence-corrected chi connectivity index (χ0v) is 18.1. The number of carboxylic acids is 2. The van der Waals surface area contributed by atoms with Crippen LogP contribution in [0.1, 0.15) is 11.1 Å². The van der Waals surface area contributed by atoms with Crippen molar-refractivity contribution in [3.8, 4) is 5.75 Å². The molecule has 10 nitrogen and oxygen atoms in total. The van der Waals surface area contributed by atoms with Crippen molar-refractivity contribution in [3.63, 3.8) is 0 Å². The molecule has 0 saturated carbocycles. The van der Waals surface area contributed by atoms with E-state index in [4.69, 9.17) is 19.8 Å². The van der Waals surface area contributed by atoms with Crippen LogP contribution in [0.5, 0.6) is 5.75 Å². The normalized spacial score (nSPS) is 14.4. The van der Waals surface area contributed by atoms with Crippen LogP contribution in [-0.4, -0.2) is 68.2 Å². The zero-order valence-electron chi connectivity index (χ0n) is 16.5. The molecule has 0 aromatic heterocycles. The number of phenols is 1. The Morgan fingerprint density at radius 3 is 1.97 bits per heavy atom. The van der Waals surface area contributed by atoms with Gasteiger partial charge in [-0.25, -0.2) is 9.59 Å². The second kappa shape index (κ2) is 11.4. The molecule has 0 aliphatic carbocycles. The SMILES string of the molecule is O=C(O)C(=O)O.O=[N+]([O-])c1ccccc1CN1CCN(Cc2cc(Br)ccc2O)CC1. The Labute approximate surface area is 186 Å². The van der Waals surface area contributed by atoms with E-state index in [2.05, 4.69) is 25.7 Å². The number of carbonyl (C=O) groups is 2. The maximum absolute atomic E-state index is 11.1. The number of nitrogens with zero attached hydrogens (tertiary/aromatic N) is 3. The summed E-state index contributed by atoms with van der Waals surface area (Å²) in [5, 5.41) is 35.9. The highest BCUT2D eigenvalue weighted by atomic mass is 79.9. The van der Waals surface area contributed by atoms with Crippen LogP contribution in [0, 0.1) is 10.1 Å². The summed E-state index contributed by atoms with van der Waals surface area (Å²) in [6, 6.07) is 12.4. The van der Waals surface area contributed by atoms with Gasteiger partial charge in [-0.2, -0.15) is 0 Å². The van der Waals surface area contributed by atoms with Crippen molar-refractivity contribution in [1.29, 1.82) is 0 Å². The standard InChI is InChI=1S/C18H20BrN3O3.C2H2O4/c19-16-5-6-18(23)15(11-16)13-21-9-7-20(8-10-21)12-14-3-1-2-4-17(14)22(24)25;3-1(4)2(5)6/h1-6,11,23H,7-10,12-13H2;(H,3,4)(H,5,6). The predicted molar refractivity (Wildman–Crippen MR) is 115 cm³/mol. The van der Waals surface area contributed by atoms with Crippen molar-refractivity contribution >= 4 is 33.6 Å². The first kappa shape index (κ1) is 24.3. The van der Waals surface area contributed by atoms with Gasteiger partial charge >= 0.3 is 11.9 Å². The van der Waals surface area contributed by atoms with E-state index in [1.54, 1.807) is 18.2 Å². The number of hydrogen-bond donors (Lipinski definition) is 3. The summed E-state index contributed by atoms with van der Waals surface area (Å²) in [7, 11) is 0. The highest BCUT2D eigenvalue weighted by Crippen LogP contribution is 2.24. The van der Waals surface area contributed by atoms with Crippen molar-refractivity contribution in [2.24, 2.45) is 0 Å². The van der Waals surface area contributed by atoms with Crippen molar-refractivity contribution in [2.45, 2.75) is 13.1 Å². The first-order valence-corrected chi connectivity index (χ1v) is 10.1. The molecule has 3 rings (SSSR count). The van der Waals surface area contributed by atoms with Crippen LogP contribution in [0.4, 0.5) is 5.69 Å². The first-order valence-electron chi connectivity index (χ1n) is 9.28. The third-order valence-corrected chi connectivity index (χ3v) is 5.16. The van der Waals surface area contributed by atoms with Crippen molar-refractivity contribution in [1.82, 2.24) is 9.80 Å². The molecule has 11 heteroatoms. The van der Waals surface area contributed by atoms with Crippen molar-refractivity contribution in [3.05, 3.63) is 68.2 Å². The van der Waals surface area contributed by atoms with Crippen LogP contribution >= 0.6 is 15.9 Å². The van der Waals surface area contributed by atoms with E-state index in [-0.39, 0.29) is 10.6 Å². The lowest BCUT2D eigenvalue weighted by Gasteiger charge is -2.34. The first-order chi connectivity index (χ1) is 14.7. The molecule has 1 fully saturated rings. The number of hydrogen-bond acceptors (Lipinski definition) is 7. The number of phenolic OH excluding ortho intramolecular Hbond substituents is 1. The lowest BCUT2D eigenvalue weighted by Crippen LogP contribution is -2.45. The average Bonchev–Trinajstić information content (AvgIpc) is 2.73. The highest BCUT2D eigenvalue weighted by Gasteiger charge is 2.21. The van der Waals surface area contributed by atoms with Gasteiger partial charge in [0.25, 0.3) is 5.69 Å². The molecule has 3 N–H and O–H groups in total. The number of benzene rings is 2. The number of piperazine rings is 1. The minimum atomic E-state index is -1.82. The van der Waals surface area contributed by atoms with Crippen LogP contribution in [0.15, 0.2) is 46.9 Å². The molecule has 0 unspecified atom stereocenters. The Morgan fingerprint density at radius 1 is 0.935 bits per heavy atom. The monoisotopic (exact) mass is 495 g/mol. The molecule has 2 aromatic carbocycles. The molecular weight excluding hydrogens is 474 g/mol. The Balaban J connectivity index is 0.000000501. The van der Waals surface area contributed by atoms with Crippen LogP contribution in [0.3, 0.4) is 0 Å². The number of halogens is 1. The fraction of sp³-hybridized carbons (Fsp3) is 0.300. The van der Waals surface area contributed by atoms with E-state index in [1.807, 2.05) is 24.3 Å². The van der Waals surface area contributed by atoms with E-state index in [9.17, 15) is 15.2 Å². The van der Waals surface area contributed by atoms with Gasteiger partial charge in [-0.3, -0.25) is 19.9 Å². The topological polar surface area (TPSA) is 144 Å². The molecule has 166 valence electrons. The summed E-state index contributed by atoms with van der Waals surface area (Å²) >= 11 is 3.43. The van der Waals surface area contributed by atoms with Crippen LogP contribution in [0.25, 0.3) is 0 Å². The summed E-state index contributed by atoms with van der Waals surface area (Å²) in [6.07, 6.45) is 0. The van der Waals surface area contributed by atoms with Crippen LogP contribution < -0.4 is 0 Å². The van der Waals surface area contributed by atoms with Gasteiger partial charge in [-0.1, -0.05) is 34.1 Å². The largest absolute Gasteiger partial charge is 0.508 e. The fourth-order valence-electron chi connectivity index (χ4n) is 3.09. The maximum Gasteiger partial charge on any atom is 0.414 e. The molecule has 0 amide bonds. The second-order valence-electron chi connectivity index (χ2n) is 6.82. The number of para-hydroxylation sites is 1. The van der Waals surface area contributed by atoms with E-state index in [0.29, 0.717) is 18.8 Å². The minimum Gasteiger partial charge on any atom is -0.508 e. The summed E-state index contributed by atoms with van der Waals surface area (Å²) in [5.74, 6) is -3.34. The molecule has 0 spiro atoms. The van der Waals surface area contributed by atoms with Crippen LogP contribution in [0.2, 0.25) is 0 Å². The Morgan fingerprint density at radius 2 is 1.45 bits per heavy atom. The molecule has 2 aromatic rings. The smallest absolute Gasteiger partial charge is 0.414 e. The number of nitro groups is 1. The summed E-state index contributed by atoms with van der Waals surface area (Å²) < 4.78 is 0.954. The van der Waals surface area contributed by atoms with E-state index >= 15 is 0 Å². The quantitative estimate of drug-likeness (QED) is 0.323. The molecule has 1 saturated heterocycles. The molecule has 1 aliphatic rings. The van der Waals surface area contributed by atoms with Gasteiger partial charge in [-0.05, 0) is 18.2 Å². The predicted octanol–water partition coefficient (Wildman–Crippen LogP) is 2.54. The number of nitro benzene ring substituents is 1. The Hall–Kier alpha value is -3.02. The van der Waals surface area contributed by atoms with Gasteiger partial charge in [0, 0.05) is 60.9 Å². The van der Waals surface area contributed by atoms with Crippen LogP contribution in [-0.2, 0) is 22.7 Å². The summed E-state index contributed by atoms with van der Waals surface area (Å²) in [4.78, 5) is 33.5. The minimum absolute atomic E-state index is 0.184. The molecular formula is C20H22BrN3O7. The lowest BCUT2D eigenvalue weighted by atomic mass is 10.1. The molecule has 0 atom stereocenters. The van der Waals surface area contributed by atoms with Gasteiger partial charge in [-0.15, -0.1) is 0 Å². The summed E-state index contributed by atoms with van der Waals surface area (Å²) in [5.41, 5.74) is 1.84. The Bertz CT molecular complexity index is 934. The van der Waals surface area contributed by atoms with Gasteiger partial charge in [0.05, 0.1) is 4.92 Å². The fourth-order valence-corrected chi connectivity index (χ4v) is 3.50. The molecule has 1 aliphatic heterocycles. The number of rotatable bonds is 5. The van der Waals surface area contributed by atoms with Gasteiger partial charge in [0.1, 0.15) is 5.75 Å². The van der Waals surface area contributed by atoms with E-state index in [0.717, 1.165) is 41.8 Å². The number of carboxylic acid groups (broad SMARTS) is 2. The third kappa shape index (κ3) is 7.63. The third-order valence-electron chi connectivity index (χ3n) is 4.67. The summed E-state index contributed by atoms with van der Waals surface area (Å²) in [6.45, 7) is 4.72. The average molecular weight is 496 g/mol. The van der Waals surface area contributed by atoms with Gasteiger partial charge in [0.15, 0.2) is 0 Å². The molecule has 0 radical (unpaired) electrons. The number of aliphatic carboxylic acids is 2. The maximum atomic E-state index is 11.1. The van der Waals surface area contributed by atoms with Gasteiger partial charge in [0.2, 0.25) is 0 Å². The number of aromatic hydroxyl groups is 1. The van der Waals surface area contributed by atoms with E-state index in [1.165, 1.54) is 0 Å². The van der Waals surface area contributed by atoms with Crippen molar-refractivity contribution in [2.75, 3.05) is 26.2 Å². The Kier molecular flexibility index (Phi) is 8.91. The molecule has 31 heavy (non-hydrogen) atoms. The molecule has 0 bridgehead atoms.